The molecule has 0 N–H and O–H groups in total. The van der Waals surface area contributed by atoms with Gasteiger partial charge in [0, 0.05) is 24.6 Å². The topological polar surface area (TPSA) is 52.1 Å². The summed E-state index contributed by atoms with van der Waals surface area (Å²) in [5.74, 6) is 2.16. The normalized spacial score (nSPS) is 11.7. The van der Waals surface area contributed by atoms with E-state index in [1.807, 2.05) is 38.1 Å². The van der Waals surface area contributed by atoms with Gasteiger partial charge in [-0.3, -0.25) is 0 Å². The molecule has 0 unspecified atom stereocenters. The van der Waals surface area contributed by atoms with Crippen LogP contribution in [0.25, 0.3) is 22.2 Å². The lowest BCUT2D eigenvalue weighted by atomic mass is 10.1. The highest BCUT2D eigenvalue weighted by molar-refractivity contribution is 6.18. The van der Waals surface area contributed by atoms with E-state index in [4.69, 9.17) is 32.0 Å². The first-order valence-electron chi connectivity index (χ1n) is 8.48. The van der Waals surface area contributed by atoms with Crippen LogP contribution in [0.2, 0.25) is 0 Å². The van der Waals surface area contributed by atoms with E-state index in [9.17, 15) is 0 Å². The third-order valence-electron chi connectivity index (χ3n) is 4.71. The predicted molar refractivity (Wildman–Crippen MR) is 104 cm³/mol. The van der Waals surface area contributed by atoms with Crippen LogP contribution in [0.5, 0.6) is 0 Å². The SMILES string of the molecule is Cc1ccc2oc(CCc3nc4c(CCl)c(C)ccc4o3)nc2c1CCl. The first-order valence-corrected chi connectivity index (χ1v) is 9.55. The summed E-state index contributed by atoms with van der Waals surface area (Å²) in [4.78, 5) is 9.24. The van der Waals surface area contributed by atoms with E-state index in [-0.39, 0.29) is 0 Å². The van der Waals surface area contributed by atoms with E-state index in [1.165, 1.54) is 0 Å². The molecule has 6 heteroatoms. The molecule has 26 heavy (non-hydrogen) atoms. The van der Waals surface area contributed by atoms with E-state index in [0.29, 0.717) is 36.4 Å². The van der Waals surface area contributed by atoms with E-state index < -0.39 is 0 Å². The number of benzene rings is 2. The molecule has 134 valence electrons. The molecule has 0 fully saturated rings. The van der Waals surface area contributed by atoms with Crippen LogP contribution in [0, 0.1) is 13.8 Å². The largest absolute Gasteiger partial charge is 0.441 e. The molecule has 0 aliphatic rings. The Hall–Kier alpha value is -2.04. The Morgan fingerprint density at radius 2 is 1.15 bits per heavy atom. The van der Waals surface area contributed by atoms with Gasteiger partial charge < -0.3 is 8.83 Å². The lowest BCUT2D eigenvalue weighted by Crippen LogP contribution is -1.92. The van der Waals surface area contributed by atoms with Crippen molar-refractivity contribution in [3.63, 3.8) is 0 Å². The Bertz CT molecular complexity index is 1010. The molecular formula is C20H18Cl2N2O2. The van der Waals surface area contributed by atoms with Crippen molar-refractivity contribution >= 4 is 45.4 Å². The van der Waals surface area contributed by atoms with Gasteiger partial charge in [0.15, 0.2) is 22.9 Å². The number of oxazole rings is 2. The molecule has 0 bridgehead atoms. The second kappa shape index (κ2) is 6.93. The van der Waals surface area contributed by atoms with Crippen molar-refractivity contribution in [3.05, 3.63) is 58.3 Å². The predicted octanol–water partition coefficient (Wildman–Crippen LogP) is 5.85. The average Bonchev–Trinajstić information content (AvgIpc) is 3.23. The zero-order valence-corrected chi connectivity index (χ0v) is 16.1. The van der Waals surface area contributed by atoms with Crippen LogP contribution < -0.4 is 0 Å². The lowest BCUT2D eigenvalue weighted by molar-refractivity contribution is 0.488. The van der Waals surface area contributed by atoms with Gasteiger partial charge in [-0.2, -0.15) is 0 Å². The number of halogens is 2. The number of aromatic nitrogens is 2. The Morgan fingerprint density at radius 1 is 0.731 bits per heavy atom. The summed E-state index contributed by atoms with van der Waals surface area (Å²) in [7, 11) is 0. The third kappa shape index (κ3) is 2.97. The molecule has 0 radical (unpaired) electrons. The molecule has 0 saturated heterocycles. The quantitative estimate of drug-likeness (QED) is 0.402. The van der Waals surface area contributed by atoms with Crippen molar-refractivity contribution in [3.8, 4) is 0 Å². The van der Waals surface area contributed by atoms with E-state index in [0.717, 1.165) is 44.5 Å². The van der Waals surface area contributed by atoms with Crippen molar-refractivity contribution < 1.29 is 8.83 Å². The van der Waals surface area contributed by atoms with Gasteiger partial charge in [-0.05, 0) is 48.2 Å². The Kier molecular flexibility index (Phi) is 4.63. The smallest absolute Gasteiger partial charge is 0.195 e. The first kappa shape index (κ1) is 17.4. The fourth-order valence-corrected chi connectivity index (χ4v) is 3.83. The van der Waals surface area contributed by atoms with Crippen molar-refractivity contribution in [2.45, 2.75) is 38.4 Å². The van der Waals surface area contributed by atoms with Crippen molar-refractivity contribution in [2.24, 2.45) is 0 Å². The molecule has 4 nitrogen and oxygen atoms in total. The van der Waals surface area contributed by atoms with Crippen LogP contribution in [-0.4, -0.2) is 9.97 Å². The fraction of sp³-hybridized carbons (Fsp3) is 0.300. The molecule has 0 spiro atoms. The molecule has 0 atom stereocenters. The molecule has 2 aromatic carbocycles. The summed E-state index contributed by atoms with van der Waals surface area (Å²) in [6, 6.07) is 7.88. The number of fused-ring (bicyclic) bond motifs is 2. The second-order valence-electron chi connectivity index (χ2n) is 6.40. The van der Waals surface area contributed by atoms with Gasteiger partial charge in [0.2, 0.25) is 0 Å². The van der Waals surface area contributed by atoms with Crippen molar-refractivity contribution in [1.29, 1.82) is 0 Å². The summed E-state index contributed by atoms with van der Waals surface area (Å²) in [5, 5.41) is 0. The average molecular weight is 389 g/mol. The second-order valence-corrected chi connectivity index (χ2v) is 6.93. The molecule has 4 rings (SSSR count). The molecule has 0 aliphatic heterocycles. The number of alkyl halides is 2. The van der Waals surface area contributed by atoms with E-state index in [1.54, 1.807) is 0 Å². The number of rotatable bonds is 5. The number of aryl methyl sites for hydroxylation is 4. The minimum atomic E-state index is 0.417. The van der Waals surface area contributed by atoms with Gasteiger partial charge >= 0.3 is 0 Å². The fourth-order valence-electron chi connectivity index (χ4n) is 3.16. The van der Waals surface area contributed by atoms with Crippen molar-refractivity contribution in [1.82, 2.24) is 9.97 Å². The number of hydrogen-bond acceptors (Lipinski definition) is 4. The molecule has 4 aromatic rings. The van der Waals surface area contributed by atoms with Crippen LogP contribution in [0.15, 0.2) is 33.1 Å². The number of hydrogen-bond donors (Lipinski definition) is 0. The standard InChI is InChI=1S/C20H18Cl2N2O2/c1-11-3-5-15-19(13(11)9-21)23-17(25-15)7-8-18-24-20-14(10-22)12(2)4-6-16(20)26-18/h3-6H,7-10H2,1-2H3. The van der Waals surface area contributed by atoms with E-state index >= 15 is 0 Å². The van der Waals surface area contributed by atoms with Gasteiger partial charge in [-0.1, -0.05) is 12.1 Å². The molecule has 0 aliphatic carbocycles. The molecule has 2 aromatic heterocycles. The minimum absolute atomic E-state index is 0.417. The van der Waals surface area contributed by atoms with Gasteiger partial charge in [0.1, 0.15) is 11.0 Å². The van der Waals surface area contributed by atoms with E-state index in [2.05, 4.69) is 9.97 Å². The summed E-state index contributed by atoms with van der Waals surface area (Å²) in [5.41, 5.74) is 7.48. The highest BCUT2D eigenvalue weighted by Gasteiger charge is 2.15. The minimum Gasteiger partial charge on any atom is -0.441 e. The summed E-state index contributed by atoms with van der Waals surface area (Å²) < 4.78 is 11.7. The van der Waals surface area contributed by atoms with Crippen LogP contribution in [0.3, 0.4) is 0 Å². The Balaban J connectivity index is 1.61. The summed E-state index contributed by atoms with van der Waals surface area (Å²) >= 11 is 12.1. The van der Waals surface area contributed by atoms with Gasteiger partial charge in [0.05, 0.1) is 0 Å². The molecule has 0 saturated carbocycles. The van der Waals surface area contributed by atoms with Crippen molar-refractivity contribution in [2.75, 3.05) is 0 Å². The number of nitrogens with zero attached hydrogens (tertiary/aromatic N) is 2. The summed E-state index contributed by atoms with van der Waals surface area (Å²) in [6.07, 6.45) is 1.22. The van der Waals surface area contributed by atoms with Crippen LogP contribution >= 0.6 is 23.2 Å². The van der Waals surface area contributed by atoms with Gasteiger partial charge in [-0.15, -0.1) is 23.2 Å². The zero-order chi connectivity index (χ0) is 18.3. The highest BCUT2D eigenvalue weighted by Crippen LogP contribution is 2.27. The monoisotopic (exact) mass is 388 g/mol. The van der Waals surface area contributed by atoms with Gasteiger partial charge in [0.25, 0.3) is 0 Å². The highest BCUT2D eigenvalue weighted by atomic mass is 35.5. The lowest BCUT2D eigenvalue weighted by Gasteiger charge is -2.00. The Morgan fingerprint density at radius 3 is 1.54 bits per heavy atom. The zero-order valence-electron chi connectivity index (χ0n) is 14.6. The molecular weight excluding hydrogens is 371 g/mol. The molecule has 0 amide bonds. The third-order valence-corrected chi connectivity index (χ3v) is 5.24. The van der Waals surface area contributed by atoms with Crippen LogP contribution in [0.4, 0.5) is 0 Å². The van der Waals surface area contributed by atoms with Crippen LogP contribution in [-0.2, 0) is 24.6 Å². The molecule has 2 heterocycles. The first-order chi connectivity index (χ1) is 12.6. The Labute approximate surface area is 161 Å². The maximum atomic E-state index is 6.06. The maximum absolute atomic E-state index is 6.06. The van der Waals surface area contributed by atoms with Gasteiger partial charge in [-0.25, -0.2) is 9.97 Å². The summed E-state index contributed by atoms with van der Waals surface area (Å²) in [6.45, 7) is 4.06. The van der Waals surface area contributed by atoms with Crippen LogP contribution in [0.1, 0.15) is 34.0 Å². The maximum Gasteiger partial charge on any atom is 0.195 e.